The molecular formula is C81H61N. The summed E-state index contributed by atoms with van der Waals surface area (Å²) in [5.74, 6) is 1.74. The minimum atomic E-state index is -0.166. The van der Waals surface area contributed by atoms with Gasteiger partial charge in [-0.2, -0.15) is 0 Å². The van der Waals surface area contributed by atoms with Crippen LogP contribution < -0.4 is 4.90 Å². The summed E-state index contributed by atoms with van der Waals surface area (Å²) in [6, 6.07) is 92.5. The van der Waals surface area contributed by atoms with E-state index in [2.05, 4.69) is 292 Å². The topological polar surface area (TPSA) is 3.24 Å². The number of benzene rings is 11. The zero-order chi connectivity index (χ0) is 54.2. The van der Waals surface area contributed by atoms with E-state index in [1.807, 2.05) is 0 Å². The average molecular weight is 1050 g/mol. The quantitative estimate of drug-likeness (QED) is 0.130. The SMILES string of the molecule is CCC1(CC)c2cc(/C=C/c3cccc4c(-c5ccccc5)ccc(-c5ccccc5)c34)ccc2-c2ccc(N(C3=CC4C5c6ccccc6C(c6ccccc65)C4C=C3)c3ccc4c(c3)C3c5ccccc5C4c4ccccc43)cc21. The number of fused-ring (bicyclic) bond motifs is 4. The molecule has 0 aromatic heterocycles. The van der Waals surface area contributed by atoms with Crippen molar-refractivity contribution in [2.24, 2.45) is 11.8 Å². The van der Waals surface area contributed by atoms with Gasteiger partial charge in [0.1, 0.15) is 0 Å². The van der Waals surface area contributed by atoms with Crippen LogP contribution in [0.1, 0.15) is 128 Å². The number of anilines is 2. The molecule has 0 heterocycles. The molecule has 0 aliphatic heterocycles. The lowest BCUT2D eigenvalue weighted by Gasteiger charge is -2.50. The first-order chi connectivity index (χ1) is 40.6. The molecule has 11 aromatic carbocycles. The van der Waals surface area contributed by atoms with Crippen LogP contribution >= 0.6 is 0 Å². The van der Waals surface area contributed by atoms with Gasteiger partial charge in [0.05, 0.1) is 0 Å². The van der Waals surface area contributed by atoms with Gasteiger partial charge in [0, 0.05) is 46.2 Å². The van der Waals surface area contributed by atoms with Crippen molar-refractivity contribution >= 4 is 34.3 Å². The Morgan fingerprint density at radius 2 is 0.878 bits per heavy atom. The minimum Gasteiger partial charge on any atom is -0.311 e. The summed E-state index contributed by atoms with van der Waals surface area (Å²) in [6.45, 7) is 4.82. The molecule has 8 aliphatic carbocycles. The third-order valence-electron chi connectivity index (χ3n) is 20.4. The predicted molar refractivity (Wildman–Crippen MR) is 341 cm³/mol. The maximum atomic E-state index is 2.68. The van der Waals surface area contributed by atoms with E-state index >= 15 is 0 Å². The Morgan fingerprint density at radius 1 is 0.390 bits per heavy atom. The average Bonchev–Trinajstić information content (AvgIpc) is 1.27. The van der Waals surface area contributed by atoms with E-state index in [4.69, 9.17) is 0 Å². The Hall–Kier alpha value is -9.30. The van der Waals surface area contributed by atoms with E-state index < -0.39 is 0 Å². The summed E-state index contributed by atoms with van der Waals surface area (Å²) >= 11 is 0. The summed E-state index contributed by atoms with van der Waals surface area (Å²) in [7, 11) is 0. The third-order valence-corrected chi connectivity index (χ3v) is 20.4. The summed E-state index contributed by atoms with van der Waals surface area (Å²) in [6.07, 6.45) is 14.5. The molecule has 19 rings (SSSR count). The van der Waals surface area contributed by atoms with Crippen LogP contribution in [0.5, 0.6) is 0 Å². The van der Waals surface area contributed by atoms with Crippen LogP contribution in [0.4, 0.5) is 11.4 Å². The van der Waals surface area contributed by atoms with Crippen LogP contribution in [0.3, 0.4) is 0 Å². The molecule has 0 radical (unpaired) electrons. The van der Waals surface area contributed by atoms with E-state index in [1.54, 1.807) is 0 Å². The van der Waals surface area contributed by atoms with Gasteiger partial charge in [0.15, 0.2) is 0 Å². The van der Waals surface area contributed by atoms with Crippen LogP contribution in [0.2, 0.25) is 0 Å². The van der Waals surface area contributed by atoms with E-state index in [9.17, 15) is 0 Å². The zero-order valence-corrected chi connectivity index (χ0v) is 46.3. The fourth-order valence-corrected chi connectivity index (χ4v) is 16.8. The largest absolute Gasteiger partial charge is 0.311 e. The monoisotopic (exact) mass is 1050 g/mol. The fourth-order valence-electron chi connectivity index (χ4n) is 16.8. The molecule has 0 N–H and O–H groups in total. The highest BCUT2D eigenvalue weighted by molar-refractivity contribution is 6.09. The van der Waals surface area contributed by atoms with E-state index in [-0.39, 0.29) is 17.3 Å². The maximum Gasteiger partial charge on any atom is 0.0464 e. The van der Waals surface area contributed by atoms with Crippen molar-refractivity contribution < 1.29 is 0 Å². The Labute approximate surface area is 481 Å². The molecule has 2 atom stereocenters. The van der Waals surface area contributed by atoms with Gasteiger partial charge in [0.2, 0.25) is 0 Å². The summed E-state index contributed by atoms with van der Waals surface area (Å²) < 4.78 is 0. The molecule has 0 saturated heterocycles. The summed E-state index contributed by atoms with van der Waals surface area (Å²) in [5.41, 5.74) is 31.2. The van der Waals surface area contributed by atoms with Crippen LogP contribution in [-0.2, 0) is 5.41 Å². The second-order valence-corrected chi connectivity index (χ2v) is 23.9. The van der Waals surface area contributed by atoms with Crippen LogP contribution in [0, 0.1) is 11.8 Å². The van der Waals surface area contributed by atoms with Gasteiger partial charge in [-0.25, -0.2) is 0 Å². The molecule has 0 fully saturated rings. The van der Waals surface area contributed by atoms with Crippen molar-refractivity contribution in [1.82, 2.24) is 0 Å². The molecule has 2 unspecified atom stereocenters. The molecule has 0 spiro atoms. The lowest BCUT2D eigenvalue weighted by atomic mass is 9.53. The lowest BCUT2D eigenvalue weighted by Crippen LogP contribution is -2.40. The van der Waals surface area contributed by atoms with Gasteiger partial charge in [-0.15, -0.1) is 0 Å². The Morgan fingerprint density at radius 3 is 1.50 bits per heavy atom. The smallest absolute Gasteiger partial charge is 0.0464 e. The fraction of sp³-hybridized carbons (Fsp3) is 0.136. The van der Waals surface area contributed by atoms with Crippen LogP contribution in [0.25, 0.3) is 56.3 Å². The summed E-state index contributed by atoms with van der Waals surface area (Å²) in [5, 5.41) is 2.54. The highest BCUT2D eigenvalue weighted by Gasteiger charge is 2.50. The normalized spacial score (nSPS) is 20.2. The number of rotatable bonds is 9. The molecule has 0 saturated carbocycles. The standard InChI is InChI=1S/C81H61N/c1-3-81(4-2)74-46-50(34-36-53-24-19-33-61-57(51-20-7-5-8-21-51)44-45-58(76(53)61)52-22-9-6-10-23-52)35-40-59(74)60-41-37-56(49-75(60)81)82(54-38-42-70-72(47-54)79-66-29-15-11-25-62(66)77(70)63-26-12-16-30-67(63)79)55-39-43-71-73(48-55)80-68-31-17-13-27-64(68)78(71)65-28-14-18-32-69(65)80/h5-49,70,72,77-80H,3-4H2,1-2H3/b36-34+. The first kappa shape index (κ1) is 47.5. The molecule has 82 heavy (non-hydrogen) atoms. The Bertz CT molecular complexity index is 4430. The van der Waals surface area contributed by atoms with Crippen molar-refractivity contribution in [3.8, 4) is 33.4 Å². The van der Waals surface area contributed by atoms with Gasteiger partial charge in [-0.3, -0.25) is 0 Å². The van der Waals surface area contributed by atoms with Crippen LogP contribution in [0.15, 0.2) is 267 Å². The van der Waals surface area contributed by atoms with Gasteiger partial charge in [-0.1, -0.05) is 257 Å². The van der Waals surface area contributed by atoms with E-state index in [0.29, 0.717) is 23.7 Å². The van der Waals surface area contributed by atoms with Crippen molar-refractivity contribution in [2.45, 2.75) is 55.8 Å². The Balaban J connectivity index is 0.796. The highest BCUT2D eigenvalue weighted by atomic mass is 15.1. The molecule has 11 aromatic rings. The van der Waals surface area contributed by atoms with Crippen molar-refractivity contribution in [3.05, 3.63) is 344 Å². The molecule has 8 aliphatic rings. The highest BCUT2D eigenvalue weighted by Crippen LogP contribution is 2.62. The van der Waals surface area contributed by atoms with E-state index in [0.717, 1.165) is 12.8 Å². The van der Waals surface area contributed by atoms with Gasteiger partial charge >= 0.3 is 0 Å². The molecule has 1 heteroatoms. The van der Waals surface area contributed by atoms with Gasteiger partial charge in [0.25, 0.3) is 0 Å². The summed E-state index contributed by atoms with van der Waals surface area (Å²) in [4.78, 5) is 2.64. The van der Waals surface area contributed by atoms with Crippen LogP contribution in [-0.4, -0.2) is 0 Å². The predicted octanol–water partition coefficient (Wildman–Crippen LogP) is 20.5. The lowest BCUT2D eigenvalue weighted by molar-refractivity contribution is 0.329. The number of nitrogens with zero attached hydrogens (tertiary/aromatic N) is 1. The second kappa shape index (κ2) is 18.4. The first-order valence-corrected chi connectivity index (χ1v) is 29.9. The molecule has 0 amide bonds. The number of hydrogen-bond donors (Lipinski definition) is 0. The zero-order valence-electron chi connectivity index (χ0n) is 46.3. The van der Waals surface area contributed by atoms with Crippen molar-refractivity contribution in [2.75, 3.05) is 4.90 Å². The second-order valence-electron chi connectivity index (χ2n) is 23.9. The van der Waals surface area contributed by atoms with Gasteiger partial charge in [-0.05, 0) is 177 Å². The molecule has 1 nitrogen and oxygen atoms in total. The molecule has 4 bridgehead atoms. The number of hydrogen-bond acceptors (Lipinski definition) is 1. The number of allylic oxidation sites excluding steroid dienone is 3. The molecular weight excluding hydrogens is 987 g/mol. The minimum absolute atomic E-state index is 0.166. The van der Waals surface area contributed by atoms with Crippen molar-refractivity contribution in [1.29, 1.82) is 0 Å². The van der Waals surface area contributed by atoms with E-state index in [1.165, 1.54) is 139 Å². The van der Waals surface area contributed by atoms with Gasteiger partial charge < -0.3 is 4.90 Å². The molecule has 390 valence electrons. The van der Waals surface area contributed by atoms with Crippen molar-refractivity contribution in [3.63, 3.8) is 0 Å². The third kappa shape index (κ3) is 6.80. The first-order valence-electron chi connectivity index (χ1n) is 29.9. The maximum absolute atomic E-state index is 2.68. The Kier molecular flexibility index (Phi) is 10.6.